The van der Waals surface area contributed by atoms with Crippen LogP contribution in [0, 0.1) is 5.92 Å². The highest BCUT2D eigenvalue weighted by Crippen LogP contribution is 2.25. The number of carbonyl (C=O) groups is 1. The third-order valence-electron chi connectivity index (χ3n) is 4.42. The Morgan fingerprint density at radius 3 is 2.33 bits per heavy atom. The zero-order chi connectivity index (χ0) is 16.8. The first-order valence-corrected chi connectivity index (χ1v) is 8.87. The van der Waals surface area contributed by atoms with Gasteiger partial charge in [0.25, 0.3) is 0 Å². The van der Waals surface area contributed by atoms with Crippen LogP contribution in [0.1, 0.15) is 37.7 Å². The number of anilines is 1. The highest BCUT2D eigenvalue weighted by atomic mass is 35.5. The van der Waals surface area contributed by atoms with Gasteiger partial charge < -0.3 is 10.1 Å². The largest absolute Gasteiger partial charge is 0.489 e. The lowest BCUT2D eigenvalue weighted by Crippen LogP contribution is -2.24. The summed E-state index contributed by atoms with van der Waals surface area (Å²) in [6.07, 6.45) is 5.59. The second-order valence-electron chi connectivity index (χ2n) is 6.26. The van der Waals surface area contributed by atoms with Gasteiger partial charge in [-0.25, -0.2) is 0 Å². The van der Waals surface area contributed by atoms with Crippen molar-refractivity contribution in [2.24, 2.45) is 5.92 Å². The highest BCUT2D eigenvalue weighted by Gasteiger charge is 2.20. The quantitative estimate of drug-likeness (QED) is 0.785. The molecule has 24 heavy (non-hydrogen) atoms. The number of carbonyl (C=O) groups excluding carboxylic acids is 1. The van der Waals surface area contributed by atoms with E-state index in [0.717, 1.165) is 47.7 Å². The molecule has 2 aromatic rings. The molecule has 0 radical (unpaired) electrons. The first-order chi connectivity index (χ1) is 11.7. The van der Waals surface area contributed by atoms with E-state index >= 15 is 0 Å². The first-order valence-electron chi connectivity index (χ1n) is 8.49. The number of ether oxygens (including phenoxy) is 1. The van der Waals surface area contributed by atoms with E-state index in [-0.39, 0.29) is 11.8 Å². The minimum atomic E-state index is 0.143. The standard InChI is InChI=1S/C20H22ClNO2/c21-17-8-6-15(7-9-17)14-24-19-12-10-18(11-13-19)22-20(23)16-4-2-1-3-5-16/h6-13,16H,1-5,14H2,(H,22,23). The van der Waals surface area contributed by atoms with Gasteiger partial charge in [0, 0.05) is 16.6 Å². The Labute approximate surface area is 148 Å². The third-order valence-corrected chi connectivity index (χ3v) is 4.67. The molecule has 0 unspecified atom stereocenters. The van der Waals surface area contributed by atoms with E-state index in [1.807, 2.05) is 48.5 Å². The van der Waals surface area contributed by atoms with E-state index in [1.165, 1.54) is 6.42 Å². The lowest BCUT2D eigenvalue weighted by molar-refractivity contribution is -0.120. The van der Waals surface area contributed by atoms with Crippen molar-refractivity contribution in [3.63, 3.8) is 0 Å². The van der Waals surface area contributed by atoms with Crippen LogP contribution in [0.25, 0.3) is 0 Å². The van der Waals surface area contributed by atoms with E-state index in [0.29, 0.717) is 6.61 Å². The molecule has 0 spiro atoms. The molecule has 1 N–H and O–H groups in total. The molecule has 1 amide bonds. The average molecular weight is 344 g/mol. The fourth-order valence-corrected chi connectivity index (χ4v) is 3.12. The molecule has 0 saturated heterocycles. The maximum atomic E-state index is 12.2. The normalized spacial score (nSPS) is 15.0. The molecule has 3 rings (SSSR count). The topological polar surface area (TPSA) is 38.3 Å². The van der Waals surface area contributed by atoms with Gasteiger partial charge in [0.05, 0.1) is 0 Å². The molecule has 0 heterocycles. The van der Waals surface area contributed by atoms with Gasteiger partial charge >= 0.3 is 0 Å². The van der Waals surface area contributed by atoms with E-state index in [4.69, 9.17) is 16.3 Å². The van der Waals surface area contributed by atoms with Crippen molar-refractivity contribution in [1.82, 2.24) is 0 Å². The van der Waals surface area contributed by atoms with Crippen molar-refractivity contribution in [3.8, 4) is 5.75 Å². The number of nitrogens with one attached hydrogen (secondary N) is 1. The van der Waals surface area contributed by atoms with Crippen LogP contribution in [0.15, 0.2) is 48.5 Å². The average Bonchev–Trinajstić information content (AvgIpc) is 2.63. The van der Waals surface area contributed by atoms with Crippen LogP contribution in [-0.2, 0) is 11.4 Å². The van der Waals surface area contributed by atoms with Gasteiger partial charge in [-0.15, -0.1) is 0 Å². The van der Waals surface area contributed by atoms with Crippen molar-refractivity contribution < 1.29 is 9.53 Å². The Morgan fingerprint density at radius 2 is 1.67 bits per heavy atom. The molecule has 0 atom stereocenters. The summed E-state index contributed by atoms with van der Waals surface area (Å²) in [5.74, 6) is 1.09. The molecule has 0 aromatic heterocycles. The third kappa shape index (κ3) is 4.75. The summed E-state index contributed by atoms with van der Waals surface area (Å²) < 4.78 is 5.75. The molecule has 1 fully saturated rings. The van der Waals surface area contributed by atoms with Crippen molar-refractivity contribution >= 4 is 23.2 Å². The maximum absolute atomic E-state index is 12.2. The van der Waals surface area contributed by atoms with Crippen LogP contribution in [-0.4, -0.2) is 5.91 Å². The Morgan fingerprint density at radius 1 is 1.00 bits per heavy atom. The molecular formula is C20H22ClNO2. The SMILES string of the molecule is O=C(Nc1ccc(OCc2ccc(Cl)cc2)cc1)C1CCCCC1. The van der Waals surface area contributed by atoms with E-state index in [1.54, 1.807) is 0 Å². The van der Waals surface area contributed by atoms with Crippen molar-refractivity contribution in [2.75, 3.05) is 5.32 Å². The van der Waals surface area contributed by atoms with Gasteiger partial charge in [-0.05, 0) is 54.8 Å². The monoisotopic (exact) mass is 343 g/mol. The number of hydrogen-bond acceptors (Lipinski definition) is 2. The van der Waals surface area contributed by atoms with Crippen LogP contribution in [0.5, 0.6) is 5.75 Å². The summed E-state index contributed by atoms with van der Waals surface area (Å²) >= 11 is 5.87. The van der Waals surface area contributed by atoms with Crippen molar-refractivity contribution in [2.45, 2.75) is 38.7 Å². The minimum Gasteiger partial charge on any atom is -0.489 e. The smallest absolute Gasteiger partial charge is 0.227 e. The van der Waals surface area contributed by atoms with Crippen molar-refractivity contribution in [1.29, 1.82) is 0 Å². The molecule has 1 saturated carbocycles. The first kappa shape index (κ1) is 16.8. The Balaban J connectivity index is 1.51. The molecule has 1 aliphatic carbocycles. The van der Waals surface area contributed by atoms with Crippen LogP contribution >= 0.6 is 11.6 Å². The van der Waals surface area contributed by atoms with E-state index in [9.17, 15) is 4.79 Å². The van der Waals surface area contributed by atoms with Gasteiger partial charge in [0.15, 0.2) is 0 Å². The predicted molar refractivity (Wildman–Crippen MR) is 97.4 cm³/mol. The Kier molecular flexibility index (Phi) is 5.76. The molecule has 4 heteroatoms. The Bertz CT molecular complexity index is 661. The van der Waals surface area contributed by atoms with E-state index in [2.05, 4.69) is 5.32 Å². The fourth-order valence-electron chi connectivity index (χ4n) is 2.99. The molecule has 3 nitrogen and oxygen atoms in total. The minimum absolute atomic E-state index is 0.143. The molecule has 1 aliphatic rings. The highest BCUT2D eigenvalue weighted by molar-refractivity contribution is 6.30. The fraction of sp³-hybridized carbons (Fsp3) is 0.350. The van der Waals surface area contributed by atoms with Crippen LogP contribution in [0.4, 0.5) is 5.69 Å². The van der Waals surface area contributed by atoms with Gasteiger partial charge in [-0.2, -0.15) is 0 Å². The second-order valence-corrected chi connectivity index (χ2v) is 6.70. The zero-order valence-electron chi connectivity index (χ0n) is 13.6. The number of rotatable bonds is 5. The lowest BCUT2D eigenvalue weighted by Gasteiger charge is -2.20. The Hall–Kier alpha value is -2.00. The van der Waals surface area contributed by atoms with Crippen LogP contribution in [0.2, 0.25) is 5.02 Å². The summed E-state index contributed by atoms with van der Waals surface area (Å²) in [5, 5.41) is 3.73. The summed E-state index contributed by atoms with van der Waals surface area (Å²) in [6, 6.07) is 15.1. The summed E-state index contributed by atoms with van der Waals surface area (Å²) in [4.78, 5) is 12.2. The molecule has 2 aromatic carbocycles. The molecular weight excluding hydrogens is 322 g/mol. The number of halogens is 1. The van der Waals surface area contributed by atoms with Gasteiger partial charge in [0.2, 0.25) is 5.91 Å². The van der Waals surface area contributed by atoms with E-state index < -0.39 is 0 Å². The number of hydrogen-bond donors (Lipinski definition) is 1. The summed E-state index contributed by atoms with van der Waals surface area (Å²) in [7, 11) is 0. The van der Waals surface area contributed by atoms with Crippen LogP contribution in [0.3, 0.4) is 0 Å². The summed E-state index contributed by atoms with van der Waals surface area (Å²) in [5.41, 5.74) is 1.89. The second kappa shape index (κ2) is 8.20. The lowest BCUT2D eigenvalue weighted by atomic mass is 9.88. The molecule has 0 aliphatic heterocycles. The molecule has 0 bridgehead atoms. The van der Waals surface area contributed by atoms with Crippen LogP contribution < -0.4 is 10.1 Å². The number of amides is 1. The summed E-state index contributed by atoms with van der Waals surface area (Å²) in [6.45, 7) is 0.491. The maximum Gasteiger partial charge on any atom is 0.227 e. The number of benzene rings is 2. The predicted octanol–water partition coefficient (Wildman–Crippen LogP) is 5.44. The molecule has 126 valence electrons. The zero-order valence-corrected chi connectivity index (χ0v) is 14.4. The van der Waals surface area contributed by atoms with Crippen molar-refractivity contribution in [3.05, 3.63) is 59.1 Å². The van der Waals surface area contributed by atoms with Gasteiger partial charge in [0.1, 0.15) is 12.4 Å². The van der Waals surface area contributed by atoms with Gasteiger partial charge in [-0.1, -0.05) is 43.0 Å². The van der Waals surface area contributed by atoms with Gasteiger partial charge in [-0.3, -0.25) is 4.79 Å².